The molecule has 352 valence electrons. The molecule has 7 aromatic carbocycles. The van der Waals surface area contributed by atoms with Crippen LogP contribution in [-0.4, -0.2) is 16.2 Å². The van der Waals surface area contributed by atoms with Crippen LogP contribution in [0.15, 0.2) is 162 Å². The van der Waals surface area contributed by atoms with Crippen LogP contribution in [0.5, 0.6) is 11.5 Å². The number of fused-ring (bicyclic) bond motifs is 7. The van der Waals surface area contributed by atoms with Crippen LogP contribution in [0.3, 0.4) is 0 Å². The van der Waals surface area contributed by atoms with Gasteiger partial charge in [0.2, 0.25) is 0 Å². The number of hydrogen-bond acceptors (Lipinski definition) is 5. The average Bonchev–Trinajstić information content (AvgIpc) is 4.00. The summed E-state index contributed by atoms with van der Waals surface area (Å²) in [6.45, 7) is 28.2. The summed E-state index contributed by atoms with van der Waals surface area (Å²) in [5.41, 5.74) is 15.8. The summed E-state index contributed by atoms with van der Waals surface area (Å²) in [5, 5.41) is 4.35. The first-order valence-corrected chi connectivity index (χ1v) is 24.8. The Balaban J connectivity index is 1.03. The summed E-state index contributed by atoms with van der Waals surface area (Å²) in [6.07, 6.45) is 1.95. The van der Waals surface area contributed by atoms with Crippen LogP contribution in [0.1, 0.15) is 105 Å². The first kappa shape index (κ1) is 45.2. The van der Waals surface area contributed by atoms with Gasteiger partial charge in [-0.25, -0.2) is 4.98 Å². The lowest BCUT2D eigenvalue weighted by Gasteiger charge is -2.29. The number of ether oxygens (including phenoxy) is 1. The van der Waals surface area contributed by atoms with Crippen LogP contribution in [0, 0.1) is 0 Å². The van der Waals surface area contributed by atoms with Crippen molar-refractivity contribution < 1.29 is 9.15 Å². The normalized spacial score (nSPS) is 13.6. The van der Waals surface area contributed by atoms with E-state index in [1.165, 1.54) is 33.5 Å². The highest BCUT2D eigenvalue weighted by Crippen LogP contribution is 2.50. The van der Waals surface area contributed by atoms with E-state index in [4.69, 9.17) is 14.1 Å². The molecule has 0 saturated carbocycles. The molecule has 11 rings (SSSR count). The third kappa shape index (κ3) is 7.88. The molecule has 0 amide bonds. The fraction of sp³-hybridized carbons (Fsp3) is 0.266. The van der Waals surface area contributed by atoms with Gasteiger partial charge in [-0.3, -0.25) is 4.57 Å². The maximum atomic E-state index is 7.07. The highest BCUT2D eigenvalue weighted by atomic mass is 16.5. The summed E-state index contributed by atoms with van der Waals surface area (Å²) in [7, 11) is 0. The molecule has 4 heterocycles. The predicted octanol–water partition coefficient (Wildman–Crippen LogP) is 18.0. The van der Waals surface area contributed by atoms with Crippen LogP contribution >= 0.6 is 0 Å². The molecule has 0 aliphatic carbocycles. The Morgan fingerprint density at radius 1 is 0.471 bits per heavy atom. The number of rotatable bonds is 6. The number of pyridine rings is 1. The molecule has 0 radical (unpaired) electrons. The lowest BCUT2D eigenvalue weighted by molar-refractivity contribution is 0.484. The zero-order chi connectivity index (χ0) is 49.1. The molecule has 0 spiro atoms. The topological polar surface area (TPSA) is 46.7 Å². The van der Waals surface area contributed by atoms with Crippen LogP contribution < -0.4 is 14.5 Å². The van der Waals surface area contributed by atoms with Crippen molar-refractivity contribution in [2.24, 2.45) is 0 Å². The van der Waals surface area contributed by atoms with E-state index in [-0.39, 0.29) is 21.7 Å². The minimum atomic E-state index is -0.0590. The third-order valence-corrected chi connectivity index (χ3v) is 14.3. The third-order valence-electron chi connectivity index (χ3n) is 14.3. The molecular weight excluding hydrogens is 857 g/mol. The maximum absolute atomic E-state index is 7.07. The molecule has 70 heavy (non-hydrogen) atoms. The van der Waals surface area contributed by atoms with Gasteiger partial charge in [-0.1, -0.05) is 156 Å². The zero-order valence-electron chi connectivity index (χ0n) is 42.8. The number of furan rings is 1. The van der Waals surface area contributed by atoms with E-state index in [1.54, 1.807) is 0 Å². The van der Waals surface area contributed by atoms with Gasteiger partial charge in [0.15, 0.2) is 5.58 Å². The molecule has 0 saturated heterocycles. The van der Waals surface area contributed by atoms with Gasteiger partial charge in [0.05, 0.1) is 28.1 Å². The van der Waals surface area contributed by atoms with Crippen LogP contribution in [0.2, 0.25) is 0 Å². The van der Waals surface area contributed by atoms with Gasteiger partial charge < -0.3 is 19.0 Å². The van der Waals surface area contributed by atoms with E-state index in [2.05, 4.69) is 243 Å². The zero-order valence-corrected chi connectivity index (χ0v) is 42.8. The summed E-state index contributed by atoms with van der Waals surface area (Å²) >= 11 is 0. The van der Waals surface area contributed by atoms with Crippen molar-refractivity contribution in [1.82, 2.24) is 9.55 Å². The first-order valence-electron chi connectivity index (χ1n) is 24.8. The molecule has 0 N–H and O–H groups in total. The summed E-state index contributed by atoms with van der Waals surface area (Å²) in [4.78, 5) is 9.90. The standard InChI is InChI=1S/C64H64N4O2/c1-61(2,3)41-25-27-47(52(35-41)64(10,11)12)40-29-30-65-59(31-40)68-53-21-15-13-19-48(53)49-28-26-45(37-56(49)68)69-46-36-51-50-20-14-18-24-58(50)70-60(51)57(38-46)67-39-66(54-22-16-17-23-55(54)67)44-33-42(62(4,5)6)32-43(34-44)63(7,8)9/h13-38H,39H2,1-12H3. The van der Waals surface area contributed by atoms with Crippen LogP contribution in [0.25, 0.3) is 60.7 Å². The summed E-state index contributed by atoms with van der Waals surface area (Å²) < 4.78 is 16.2. The lowest BCUT2D eigenvalue weighted by atomic mass is 9.77. The molecule has 0 atom stereocenters. The molecule has 0 unspecified atom stereocenters. The SMILES string of the molecule is CC(C)(C)c1cc(N2CN(c3cc(Oc4ccc5c6ccccc6n(-c6cc(-c7ccc(C(C)(C)C)cc7C(C)(C)C)ccn6)c5c4)cc4c3oc3ccccc34)c3ccccc32)cc(C(C)(C)C)c1. The smallest absolute Gasteiger partial charge is 0.159 e. The van der Waals surface area contributed by atoms with Gasteiger partial charge >= 0.3 is 0 Å². The monoisotopic (exact) mass is 921 g/mol. The maximum Gasteiger partial charge on any atom is 0.159 e. The second-order valence-electron chi connectivity index (χ2n) is 23.5. The first-order chi connectivity index (χ1) is 33.2. The second kappa shape index (κ2) is 16.1. The van der Waals surface area contributed by atoms with Crippen LogP contribution in [0.4, 0.5) is 22.7 Å². The van der Waals surface area contributed by atoms with Crippen molar-refractivity contribution in [3.05, 3.63) is 180 Å². The van der Waals surface area contributed by atoms with Gasteiger partial charge in [0.1, 0.15) is 29.6 Å². The molecule has 3 aromatic heterocycles. The van der Waals surface area contributed by atoms with E-state index < -0.39 is 0 Å². The molecule has 6 heteroatoms. The number of aromatic nitrogens is 2. The minimum absolute atomic E-state index is 0.0198. The molecule has 10 aromatic rings. The largest absolute Gasteiger partial charge is 0.457 e. The fourth-order valence-electron chi connectivity index (χ4n) is 10.3. The Morgan fingerprint density at radius 3 is 1.81 bits per heavy atom. The van der Waals surface area contributed by atoms with Gasteiger partial charge in [-0.05, 0) is 122 Å². The highest BCUT2D eigenvalue weighted by molar-refractivity contribution is 6.12. The number of para-hydroxylation sites is 4. The quantitative estimate of drug-likeness (QED) is 0.166. The van der Waals surface area contributed by atoms with E-state index in [0.717, 1.165) is 83.7 Å². The molecule has 6 nitrogen and oxygen atoms in total. The Bertz CT molecular complexity index is 3640. The van der Waals surface area contributed by atoms with Crippen molar-refractivity contribution in [2.75, 3.05) is 16.5 Å². The van der Waals surface area contributed by atoms with Crippen LogP contribution in [-0.2, 0) is 21.7 Å². The highest BCUT2D eigenvalue weighted by Gasteiger charge is 2.33. The van der Waals surface area contributed by atoms with Crippen molar-refractivity contribution in [1.29, 1.82) is 0 Å². The van der Waals surface area contributed by atoms with E-state index >= 15 is 0 Å². The predicted molar refractivity (Wildman–Crippen MR) is 295 cm³/mol. The Hall–Kier alpha value is -7.31. The van der Waals surface area contributed by atoms with Gasteiger partial charge in [-0.2, -0.15) is 0 Å². The van der Waals surface area contributed by atoms with Gasteiger partial charge in [-0.15, -0.1) is 0 Å². The van der Waals surface area contributed by atoms with E-state index in [9.17, 15) is 0 Å². The van der Waals surface area contributed by atoms with Crippen molar-refractivity contribution in [2.45, 2.75) is 105 Å². The number of benzene rings is 7. The molecule has 1 aliphatic rings. The van der Waals surface area contributed by atoms with E-state index in [1.807, 2.05) is 12.3 Å². The van der Waals surface area contributed by atoms with Crippen molar-refractivity contribution in [3.8, 4) is 28.4 Å². The molecule has 0 bridgehead atoms. The van der Waals surface area contributed by atoms with E-state index in [0.29, 0.717) is 6.67 Å². The number of anilines is 4. The fourth-order valence-corrected chi connectivity index (χ4v) is 10.3. The molecule has 1 aliphatic heterocycles. The Morgan fingerprint density at radius 2 is 1.11 bits per heavy atom. The summed E-state index contributed by atoms with van der Waals surface area (Å²) in [5.74, 6) is 2.31. The minimum Gasteiger partial charge on any atom is -0.457 e. The molecular formula is C64H64N4O2. The summed E-state index contributed by atoms with van der Waals surface area (Å²) in [6, 6.07) is 54.9. The Labute approximate surface area is 413 Å². The van der Waals surface area contributed by atoms with Gasteiger partial charge in [0.25, 0.3) is 0 Å². The molecule has 0 fully saturated rings. The number of hydrogen-bond donors (Lipinski definition) is 0. The Kier molecular flexibility index (Phi) is 10.4. The van der Waals surface area contributed by atoms with Gasteiger partial charge in [0, 0.05) is 45.6 Å². The average molecular weight is 921 g/mol. The lowest BCUT2D eigenvalue weighted by Crippen LogP contribution is -2.25. The van der Waals surface area contributed by atoms with Crippen molar-refractivity contribution >= 4 is 66.5 Å². The van der Waals surface area contributed by atoms with Crippen molar-refractivity contribution in [3.63, 3.8) is 0 Å². The number of nitrogens with zero attached hydrogens (tertiary/aromatic N) is 4. The second-order valence-corrected chi connectivity index (χ2v) is 23.5.